The van der Waals surface area contributed by atoms with Crippen molar-refractivity contribution in [2.24, 2.45) is 0 Å². The van der Waals surface area contributed by atoms with Crippen LogP contribution in [0, 0.1) is 0 Å². The Balaban J connectivity index is 2.49. The molecule has 0 unspecified atom stereocenters. The highest BCUT2D eigenvalue weighted by Crippen LogP contribution is 2.10. The minimum Gasteiger partial charge on any atom is -0.459 e. The monoisotopic (exact) mass is 254 g/mol. The van der Waals surface area contributed by atoms with Gasteiger partial charge in [0, 0.05) is 7.05 Å². The number of carbonyl (C=O) groups is 2. The number of hydrogen-bond donors (Lipinski definition) is 2. The zero-order valence-electron chi connectivity index (χ0n) is 10.8. The maximum absolute atomic E-state index is 11.8. The van der Waals surface area contributed by atoms with Crippen LogP contribution in [0.4, 0.5) is 0 Å². The van der Waals surface area contributed by atoms with E-state index in [1.807, 2.05) is 0 Å². The molecule has 6 heteroatoms. The van der Waals surface area contributed by atoms with Gasteiger partial charge in [0.1, 0.15) is 0 Å². The standard InChI is InChI=1S/C12H18N2O4/c1-12(2,8-15)14(3)10(16)7-13-11(17)9-5-4-6-18-9/h4-6,15H,7-8H2,1-3H3,(H,13,17). The summed E-state index contributed by atoms with van der Waals surface area (Å²) >= 11 is 0. The molecule has 1 aromatic rings. The van der Waals surface area contributed by atoms with Gasteiger partial charge in [0.15, 0.2) is 5.76 Å². The van der Waals surface area contributed by atoms with Gasteiger partial charge in [-0.05, 0) is 26.0 Å². The molecule has 6 nitrogen and oxygen atoms in total. The third-order valence-electron chi connectivity index (χ3n) is 2.81. The first kappa shape index (κ1) is 14.2. The Morgan fingerprint density at radius 1 is 1.50 bits per heavy atom. The van der Waals surface area contributed by atoms with E-state index < -0.39 is 11.4 Å². The number of aliphatic hydroxyl groups is 1. The molecule has 1 heterocycles. The third-order valence-corrected chi connectivity index (χ3v) is 2.81. The van der Waals surface area contributed by atoms with Crippen LogP contribution in [0.2, 0.25) is 0 Å². The maximum Gasteiger partial charge on any atom is 0.287 e. The predicted octanol–water partition coefficient (Wildman–Crippen LogP) is 0.239. The number of rotatable bonds is 5. The maximum atomic E-state index is 11.8. The molecule has 0 radical (unpaired) electrons. The van der Waals surface area contributed by atoms with E-state index in [1.54, 1.807) is 27.0 Å². The summed E-state index contributed by atoms with van der Waals surface area (Å²) in [4.78, 5) is 24.7. The summed E-state index contributed by atoms with van der Waals surface area (Å²) in [6.07, 6.45) is 1.39. The molecule has 0 aliphatic carbocycles. The Morgan fingerprint density at radius 3 is 2.67 bits per heavy atom. The quantitative estimate of drug-likeness (QED) is 0.788. The van der Waals surface area contributed by atoms with Crippen molar-refractivity contribution >= 4 is 11.8 Å². The molecule has 2 amide bonds. The molecule has 0 aromatic carbocycles. The van der Waals surface area contributed by atoms with Crippen molar-refractivity contribution in [2.75, 3.05) is 20.2 Å². The highest BCUT2D eigenvalue weighted by atomic mass is 16.3. The first-order chi connectivity index (χ1) is 8.38. The Kier molecular flexibility index (Phi) is 4.49. The lowest BCUT2D eigenvalue weighted by Crippen LogP contribution is -2.50. The lowest BCUT2D eigenvalue weighted by Gasteiger charge is -2.33. The van der Waals surface area contributed by atoms with Gasteiger partial charge in [0.2, 0.25) is 5.91 Å². The van der Waals surface area contributed by atoms with Crippen molar-refractivity contribution in [1.82, 2.24) is 10.2 Å². The van der Waals surface area contributed by atoms with Crippen LogP contribution >= 0.6 is 0 Å². The van der Waals surface area contributed by atoms with Gasteiger partial charge in [-0.15, -0.1) is 0 Å². The highest BCUT2D eigenvalue weighted by molar-refractivity contribution is 5.94. The molecule has 0 spiro atoms. The second-order valence-corrected chi connectivity index (χ2v) is 4.58. The summed E-state index contributed by atoms with van der Waals surface area (Å²) in [6.45, 7) is 3.18. The van der Waals surface area contributed by atoms with Crippen molar-refractivity contribution in [2.45, 2.75) is 19.4 Å². The summed E-state index contributed by atoms with van der Waals surface area (Å²) in [7, 11) is 1.58. The summed E-state index contributed by atoms with van der Waals surface area (Å²) in [5, 5.41) is 11.6. The minimum atomic E-state index is -0.660. The van der Waals surface area contributed by atoms with Gasteiger partial charge < -0.3 is 19.7 Å². The van der Waals surface area contributed by atoms with Crippen LogP contribution in [-0.2, 0) is 4.79 Å². The Labute approximate surface area is 106 Å². The number of nitrogens with zero attached hydrogens (tertiary/aromatic N) is 1. The number of likely N-dealkylation sites (N-methyl/N-ethyl adjacent to an activating group) is 1. The topological polar surface area (TPSA) is 82.8 Å². The molecule has 0 aliphatic rings. The Morgan fingerprint density at radius 2 is 2.17 bits per heavy atom. The van der Waals surface area contributed by atoms with Crippen LogP contribution in [0.15, 0.2) is 22.8 Å². The molecule has 1 rings (SSSR count). The van der Waals surface area contributed by atoms with E-state index in [2.05, 4.69) is 5.32 Å². The Bertz CT molecular complexity index is 412. The lowest BCUT2D eigenvalue weighted by atomic mass is 10.1. The molecule has 2 N–H and O–H groups in total. The van der Waals surface area contributed by atoms with E-state index in [9.17, 15) is 9.59 Å². The van der Waals surface area contributed by atoms with Crippen LogP contribution in [0.5, 0.6) is 0 Å². The molecule has 0 saturated heterocycles. The number of carbonyl (C=O) groups excluding carboxylic acids is 2. The first-order valence-electron chi connectivity index (χ1n) is 5.57. The highest BCUT2D eigenvalue weighted by Gasteiger charge is 2.26. The van der Waals surface area contributed by atoms with E-state index >= 15 is 0 Å². The molecule has 100 valence electrons. The molecular weight excluding hydrogens is 236 g/mol. The number of hydrogen-bond acceptors (Lipinski definition) is 4. The van der Waals surface area contributed by atoms with Crippen molar-refractivity contribution < 1.29 is 19.1 Å². The van der Waals surface area contributed by atoms with Gasteiger partial charge in [-0.25, -0.2) is 0 Å². The number of nitrogens with one attached hydrogen (secondary N) is 1. The molecule has 0 atom stereocenters. The predicted molar refractivity (Wildman–Crippen MR) is 65.0 cm³/mol. The summed E-state index contributed by atoms with van der Waals surface area (Å²) in [5.41, 5.74) is -0.660. The molecule has 0 aliphatic heterocycles. The largest absolute Gasteiger partial charge is 0.459 e. The Hall–Kier alpha value is -1.82. The second kappa shape index (κ2) is 5.68. The van der Waals surface area contributed by atoms with Gasteiger partial charge >= 0.3 is 0 Å². The average Bonchev–Trinajstić information content (AvgIpc) is 2.88. The minimum absolute atomic E-state index is 0.139. The fourth-order valence-corrected chi connectivity index (χ4v) is 1.21. The summed E-state index contributed by atoms with van der Waals surface area (Å²) < 4.78 is 4.90. The van der Waals surface area contributed by atoms with Crippen molar-refractivity contribution in [1.29, 1.82) is 0 Å². The number of amides is 2. The molecule has 1 aromatic heterocycles. The van der Waals surface area contributed by atoms with Gasteiger partial charge in [-0.3, -0.25) is 9.59 Å². The molecular formula is C12H18N2O4. The molecule has 0 bridgehead atoms. The first-order valence-corrected chi connectivity index (χ1v) is 5.57. The zero-order chi connectivity index (χ0) is 13.8. The summed E-state index contributed by atoms with van der Waals surface area (Å²) in [5.74, 6) is -0.565. The number of aliphatic hydroxyl groups excluding tert-OH is 1. The van der Waals surface area contributed by atoms with Gasteiger partial charge in [0.05, 0.1) is 25.0 Å². The fraction of sp³-hybridized carbons (Fsp3) is 0.500. The lowest BCUT2D eigenvalue weighted by molar-refractivity contribution is -0.134. The van der Waals surface area contributed by atoms with Crippen molar-refractivity contribution in [3.05, 3.63) is 24.2 Å². The van der Waals surface area contributed by atoms with Crippen LogP contribution in [0.3, 0.4) is 0 Å². The fourth-order valence-electron chi connectivity index (χ4n) is 1.21. The third kappa shape index (κ3) is 3.33. The molecule has 18 heavy (non-hydrogen) atoms. The molecule has 0 saturated carbocycles. The SMILES string of the molecule is CN(C(=O)CNC(=O)c1ccco1)C(C)(C)CO. The van der Waals surface area contributed by atoms with Crippen LogP contribution in [-0.4, -0.2) is 47.6 Å². The average molecular weight is 254 g/mol. The van der Waals surface area contributed by atoms with Crippen LogP contribution in [0.25, 0.3) is 0 Å². The van der Waals surface area contributed by atoms with Crippen LogP contribution < -0.4 is 5.32 Å². The van der Waals surface area contributed by atoms with Crippen molar-refractivity contribution in [3.63, 3.8) is 0 Å². The van der Waals surface area contributed by atoms with E-state index in [1.165, 1.54) is 17.2 Å². The van der Waals surface area contributed by atoms with E-state index in [4.69, 9.17) is 9.52 Å². The van der Waals surface area contributed by atoms with E-state index in [0.29, 0.717) is 0 Å². The second-order valence-electron chi connectivity index (χ2n) is 4.58. The smallest absolute Gasteiger partial charge is 0.287 e. The van der Waals surface area contributed by atoms with Crippen molar-refractivity contribution in [3.8, 4) is 0 Å². The van der Waals surface area contributed by atoms with Gasteiger partial charge in [-0.1, -0.05) is 0 Å². The normalized spacial score (nSPS) is 11.1. The summed E-state index contributed by atoms with van der Waals surface area (Å²) in [6, 6.07) is 3.11. The van der Waals surface area contributed by atoms with E-state index in [0.717, 1.165) is 0 Å². The zero-order valence-corrected chi connectivity index (χ0v) is 10.8. The van der Waals surface area contributed by atoms with Gasteiger partial charge in [0.25, 0.3) is 5.91 Å². The van der Waals surface area contributed by atoms with E-state index in [-0.39, 0.29) is 24.8 Å². The number of furan rings is 1. The molecule has 0 fully saturated rings. The van der Waals surface area contributed by atoms with Crippen LogP contribution in [0.1, 0.15) is 24.4 Å². The van der Waals surface area contributed by atoms with Gasteiger partial charge in [-0.2, -0.15) is 0 Å².